The Balaban J connectivity index is 0. The molecule has 6 N–H and O–H groups in total. The molecule has 0 spiro atoms. The van der Waals surface area contributed by atoms with Crippen molar-refractivity contribution < 1.29 is 15.0 Å². The molecule has 0 saturated heterocycles. The van der Waals surface area contributed by atoms with Gasteiger partial charge in [0.05, 0.1) is 0 Å². The number of rotatable bonds is 4. The molecule has 0 aromatic carbocycles. The summed E-state index contributed by atoms with van der Waals surface area (Å²) >= 11 is 0. The zero-order valence-electron chi connectivity index (χ0n) is 6.99. The van der Waals surface area contributed by atoms with E-state index in [2.05, 4.69) is 18.0 Å². The van der Waals surface area contributed by atoms with Crippen LogP contribution in [0.25, 0.3) is 0 Å². The van der Waals surface area contributed by atoms with E-state index in [1.165, 1.54) is 0 Å². The summed E-state index contributed by atoms with van der Waals surface area (Å²) in [4.78, 5) is 9.00. The molecule has 2 amide bonds. The van der Waals surface area contributed by atoms with E-state index in [9.17, 15) is 0 Å². The second-order valence-electron chi connectivity index (χ2n) is 2.10. The smallest absolute Gasteiger partial charge is 0.309 e. The van der Waals surface area contributed by atoms with Gasteiger partial charge in [0.2, 0.25) is 0 Å². The van der Waals surface area contributed by atoms with Crippen LogP contribution in [0.5, 0.6) is 0 Å². The van der Waals surface area contributed by atoms with E-state index in [0.717, 1.165) is 5.57 Å². The minimum Gasteiger partial charge on any atom is -0.396 e. The van der Waals surface area contributed by atoms with Crippen LogP contribution in [0.3, 0.4) is 0 Å². The molecule has 5 nitrogen and oxygen atoms in total. The number of aliphatic hydroxyl groups is 2. The number of urea groups is 1. The Labute approximate surface area is 71.7 Å². The Bertz CT molecular complexity index is 125. The summed E-state index contributed by atoms with van der Waals surface area (Å²) in [6.07, 6.45) is 1.22. The van der Waals surface area contributed by atoms with Crippen molar-refractivity contribution in [3.8, 4) is 0 Å². The Morgan fingerprint density at radius 2 is 1.42 bits per heavy atom. The van der Waals surface area contributed by atoms with Gasteiger partial charge in [-0.15, -0.1) is 0 Å². The molecule has 72 valence electrons. The minimum atomic E-state index is -0.833. The summed E-state index contributed by atoms with van der Waals surface area (Å²) in [7, 11) is 0. The maximum absolute atomic E-state index is 9.00. The first-order chi connectivity index (χ1) is 5.54. The lowest BCUT2D eigenvalue weighted by atomic mass is 10.2. The SMILES string of the molecule is C=C(CCO)CCO.NC(N)=O. The lowest BCUT2D eigenvalue weighted by molar-refractivity contribution is 0.256. The van der Waals surface area contributed by atoms with Crippen molar-refractivity contribution in [2.24, 2.45) is 11.5 Å². The Morgan fingerprint density at radius 1 is 1.17 bits per heavy atom. The highest BCUT2D eigenvalue weighted by Crippen LogP contribution is 2.00. The molecule has 5 heteroatoms. The predicted molar refractivity (Wildman–Crippen MR) is 46.3 cm³/mol. The van der Waals surface area contributed by atoms with Crippen LogP contribution >= 0.6 is 0 Å². The molecule has 0 aromatic heterocycles. The largest absolute Gasteiger partial charge is 0.396 e. The fourth-order valence-electron chi connectivity index (χ4n) is 0.441. The molecule has 0 fully saturated rings. The lowest BCUT2D eigenvalue weighted by Gasteiger charge is -1.97. The van der Waals surface area contributed by atoms with Crippen molar-refractivity contribution in [1.82, 2.24) is 0 Å². The fourth-order valence-corrected chi connectivity index (χ4v) is 0.441. The number of nitrogens with two attached hydrogens (primary N) is 2. The Morgan fingerprint density at radius 3 is 1.58 bits per heavy atom. The van der Waals surface area contributed by atoms with Gasteiger partial charge < -0.3 is 21.7 Å². The topological polar surface area (TPSA) is 110 Å². The first-order valence-corrected chi connectivity index (χ1v) is 3.47. The number of hydrogen-bond donors (Lipinski definition) is 4. The van der Waals surface area contributed by atoms with Crippen molar-refractivity contribution in [3.63, 3.8) is 0 Å². The van der Waals surface area contributed by atoms with Gasteiger partial charge in [0.25, 0.3) is 0 Å². The molecular formula is C7H16N2O3. The van der Waals surface area contributed by atoms with Gasteiger partial charge in [-0.1, -0.05) is 12.2 Å². The third-order valence-corrected chi connectivity index (χ3v) is 0.931. The maximum atomic E-state index is 9.00. The Kier molecular flexibility index (Phi) is 11.2. The molecule has 0 aliphatic heterocycles. The highest BCUT2D eigenvalue weighted by molar-refractivity contribution is 5.69. The zero-order valence-corrected chi connectivity index (χ0v) is 6.99. The van der Waals surface area contributed by atoms with Gasteiger partial charge in [0.15, 0.2) is 0 Å². The van der Waals surface area contributed by atoms with Crippen LogP contribution in [-0.2, 0) is 0 Å². The molecule has 0 aliphatic rings. The summed E-state index contributed by atoms with van der Waals surface area (Å²) < 4.78 is 0. The normalized spacial score (nSPS) is 8.17. The molecule has 0 aromatic rings. The van der Waals surface area contributed by atoms with Crippen molar-refractivity contribution in [3.05, 3.63) is 12.2 Å². The molecule has 0 saturated carbocycles. The second-order valence-corrected chi connectivity index (χ2v) is 2.10. The lowest BCUT2D eigenvalue weighted by Crippen LogP contribution is -2.18. The van der Waals surface area contributed by atoms with E-state index >= 15 is 0 Å². The van der Waals surface area contributed by atoms with Gasteiger partial charge >= 0.3 is 6.03 Å². The molecule has 0 rings (SSSR count). The van der Waals surface area contributed by atoms with E-state index < -0.39 is 6.03 Å². The second kappa shape index (κ2) is 9.93. The monoisotopic (exact) mass is 176 g/mol. The van der Waals surface area contributed by atoms with Gasteiger partial charge in [-0.3, -0.25) is 0 Å². The van der Waals surface area contributed by atoms with Crippen molar-refractivity contribution in [2.45, 2.75) is 12.8 Å². The molecule has 0 unspecified atom stereocenters. The van der Waals surface area contributed by atoms with Crippen molar-refractivity contribution in [1.29, 1.82) is 0 Å². The van der Waals surface area contributed by atoms with Gasteiger partial charge in [0.1, 0.15) is 0 Å². The van der Waals surface area contributed by atoms with Crippen LogP contribution in [-0.4, -0.2) is 29.5 Å². The van der Waals surface area contributed by atoms with Crippen LogP contribution in [0.15, 0.2) is 12.2 Å². The number of hydrogen-bond acceptors (Lipinski definition) is 3. The summed E-state index contributed by atoms with van der Waals surface area (Å²) in [6.45, 7) is 3.89. The number of carbonyl (C=O) groups is 1. The summed E-state index contributed by atoms with van der Waals surface area (Å²) in [5.74, 6) is 0. The van der Waals surface area contributed by atoms with Crippen LogP contribution in [0.1, 0.15) is 12.8 Å². The van der Waals surface area contributed by atoms with Gasteiger partial charge in [0, 0.05) is 13.2 Å². The number of carbonyl (C=O) groups excluding carboxylic acids is 1. The van der Waals surface area contributed by atoms with Gasteiger partial charge in [-0.25, -0.2) is 4.79 Å². The molecule has 0 aliphatic carbocycles. The molecule has 12 heavy (non-hydrogen) atoms. The standard InChI is InChI=1S/C6H12O2.CH4N2O/c1-6(2-4-7)3-5-8;2-1(3)4/h7-8H,1-5H2;(H4,2,3,4). The van der Waals surface area contributed by atoms with E-state index in [4.69, 9.17) is 15.0 Å². The van der Waals surface area contributed by atoms with E-state index in [0.29, 0.717) is 12.8 Å². The molecule has 0 radical (unpaired) electrons. The first-order valence-electron chi connectivity index (χ1n) is 3.47. The minimum absolute atomic E-state index is 0.138. The fraction of sp³-hybridized carbons (Fsp3) is 0.571. The number of primary amides is 2. The molecule has 0 atom stereocenters. The first kappa shape index (κ1) is 13.5. The molecular weight excluding hydrogens is 160 g/mol. The number of aliphatic hydroxyl groups excluding tert-OH is 2. The predicted octanol–water partition coefficient (Wildman–Crippen LogP) is -0.669. The number of amides is 2. The van der Waals surface area contributed by atoms with Gasteiger partial charge in [-0.2, -0.15) is 0 Å². The molecule has 0 heterocycles. The Hall–Kier alpha value is -1.07. The third-order valence-electron chi connectivity index (χ3n) is 0.931. The van der Waals surface area contributed by atoms with Gasteiger partial charge in [-0.05, 0) is 12.8 Å². The van der Waals surface area contributed by atoms with Crippen LogP contribution in [0.2, 0.25) is 0 Å². The van der Waals surface area contributed by atoms with Crippen LogP contribution in [0.4, 0.5) is 4.79 Å². The highest BCUT2D eigenvalue weighted by atomic mass is 16.3. The van der Waals surface area contributed by atoms with Crippen LogP contribution in [0, 0.1) is 0 Å². The summed E-state index contributed by atoms with van der Waals surface area (Å²) in [5.41, 5.74) is 9.41. The third kappa shape index (κ3) is 23.1. The van der Waals surface area contributed by atoms with Crippen molar-refractivity contribution in [2.75, 3.05) is 13.2 Å². The maximum Gasteiger partial charge on any atom is 0.309 e. The van der Waals surface area contributed by atoms with E-state index in [-0.39, 0.29) is 13.2 Å². The zero-order chi connectivity index (χ0) is 9.98. The van der Waals surface area contributed by atoms with E-state index in [1.807, 2.05) is 0 Å². The van der Waals surface area contributed by atoms with E-state index in [1.54, 1.807) is 0 Å². The average molecular weight is 176 g/mol. The highest BCUT2D eigenvalue weighted by Gasteiger charge is 1.89. The molecule has 0 bridgehead atoms. The summed E-state index contributed by atoms with van der Waals surface area (Å²) in [6, 6.07) is -0.833. The summed E-state index contributed by atoms with van der Waals surface area (Å²) in [5, 5.41) is 16.6. The van der Waals surface area contributed by atoms with Crippen molar-refractivity contribution >= 4 is 6.03 Å². The average Bonchev–Trinajstić information content (AvgIpc) is 1.87. The quantitative estimate of drug-likeness (QED) is 0.426. The van der Waals surface area contributed by atoms with Crippen LogP contribution < -0.4 is 11.5 Å².